The number of ether oxygens (including phenoxy) is 2. The summed E-state index contributed by atoms with van der Waals surface area (Å²) in [5.74, 6) is -0.0323. The zero-order chi connectivity index (χ0) is 15.1. The van der Waals surface area contributed by atoms with E-state index in [0.29, 0.717) is 0 Å². The van der Waals surface area contributed by atoms with E-state index in [-0.39, 0.29) is 44.9 Å². The summed E-state index contributed by atoms with van der Waals surface area (Å²) in [5.41, 5.74) is -0.0909. The minimum absolute atomic E-state index is 0.00541. The third kappa shape index (κ3) is 1.84. The maximum Gasteiger partial charge on any atom is 0.208 e. The van der Waals surface area contributed by atoms with Gasteiger partial charge in [0.25, 0.3) is 0 Å². The molecule has 0 saturated heterocycles. The highest BCUT2D eigenvalue weighted by atomic mass is 16.5. The van der Waals surface area contributed by atoms with E-state index in [0.717, 1.165) is 0 Å². The van der Waals surface area contributed by atoms with Crippen LogP contribution in [0, 0.1) is 0 Å². The molecule has 0 fully saturated rings. The summed E-state index contributed by atoms with van der Waals surface area (Å²) in [6.45, 7) is 0. The van der Waals surface area contributed by atoms with E-state index < -0.39 is 5.43 Å². The molecule has 108 valence electrons. The molecule has 0 saturated carbocycles. The first-order valence-corrected chi connectivity index (χ1v) is 6.10. The van der Waals surface area contributed by atoms with E-state index in [2.05, 4.69) is 0 Å². The predicted octanol–water partition coefficient (Wildman–Crippen LogP) is 2.37. The van der Waals surface area contributed by atoms with Gasteiger partial charge < -0.3 is 24.1 Å². The molecule has 2 aromatic carbocycles. The van der Waals surface area contributed by atoms with Gasteiger partial charge in [-0.3, -0.25) is 4.79 Å². The van der Waals surface area contributed by atoms with Crippen LogP contribution in [0.5, 0.6) is 23.0 Å². The van der Waals surface area contributed by atoms with E-state index in [1.165, 1.54) is 38.5 Å². The summed E-state index contributed by atoms with van der Waals surface area (Å²) in [7, 11) is 2.77. The van der Waals surface area contributed by atoms with Gasteiger partial charge in [0, 0.05) is 12.1 Å². The largest absolute Gasteiger partial charge is 0.508 e. The van der Waals surface area contributed by atoms with Crippen molar-refractivity contribution < 1.29 is 24.1 Å². The fourth-order valence-electron chi connectivity index (χ4n) is 2.31. The number of aromatic hydroxyl groups is 2. The van der Waals surface area contributed by atoms with Crippen molar-refractivity contribution >= 4 is 21.9 Å². The Bertz CT molecular complexity index is 910. The van der Waals surface area contributed by atoms with Crippen LogP contribution >= 0.6 is 0 Å². The molecule has 0 aliphatic heterocycles. The van der Waals surface area contributed by atoms with E-state index in [1.54, 1.807) is 0 Å². The molecule has 0 atom stereocenters. The second-order valence-corrected chi connectivity index (χ2v) is 4.44. The van der Waals surface area contributed by atoms with Crippen LogP contribution in [-0.2, 0) is 0 Å². The van der Waals surface area contributed by atoms with Crippen molar-refractivity contribution in [3.8, 4) is 23.0 Å². The highest BCUT2D eigenvalue weighted by molar-refractivity contribution is 5.97. The Morgan fingerprint density at radius 3 is 2.33 bits per heavy atom. The molecule has 6 nitrogen and oxygen atoms in total. The summed E-state index contributed by atoms with van der Waals surface area (Å²) in [4.78, 5) is 12.6. The zero-order valence-electron chi connectivity index (χ0n) is 11.3. The van der Waals surface area contributed by atoms with E-state index in [9.17, 15) is 15.0 Å². The highest BCUT2D eigenvalue weighted by Gasteiger charge is 2.18. The number of fused-ring (bicyclic) bond motifs is 2. The average molecular weight is 288 g/mol. The van der Waals surface area contributed by atoms with Crippen LogP contribution < -0.4 is 14.9 Å². The molecule has 3 rings (SSSR count). The molecule has 0 spiro atoms. The molecule has 2 N–H and O–H groups in total. The van der Waals surface area contributed by atoms with Crippen LogP contribution in [0.2, 0.25) is 0 Å². The molecule has 0 aliphatic carbocycles. The van der Waals surface area contributed by atoms with Crippen molar-refractivity contribution in [2.45, 2.75) is 0 Å². The molecule has 6 heteroatoms. The van der Waals surface area contributed by atoms with Crippen LogP contribution in [0.1, 0.15) is 0 Å². The van der Waals surface area contributed by atoms with Gasteiger partial charge in [0.1, 0.15) is 33.4 Å². The molecular weight excluding hydrogens is 276 g/mol. The number of phenolic OH excluding ortho intramolecular Hbond substituents is 2. The van der Waals surface area contributed by atoms with Gasteiger partial charge in [0.05, 0.1) is 14.2 Å². The van der Waals surface area contributed by atoms with Gasteiger partial charge in [-0.25, -0.2) is 0 Å². The molecule has 0 aliphatic rings. The quantitative estimate of drug-likeness (QED) is 0.704. The van der Waals surface area contributed by atoms with E-state index in [1.807, 2.05) is 0 Å². The van der Waals surface area contributed by atoms with Gasteiger partial charge in [-0.1, -0.05) is 0 Å². The lowest BCUT2D eigenvalue weighted by atomic mass is 10.1. The molecule has 1 heterocycles. The maximum atomic E-state index is 12.6. The van der Waals surface area contributed by atoms with Gasteiger partial charge >= 0.3 is 0 Å². The van der Waals surface area contributed by atoms with Crippen LogP contribution in [-0.4, -0.2) is 24.4 Å². The van der Waals surface area contributed by atoms with Crippen molar-refractivity contribution in [2.75, 3.05) is 14.2 Å². The van der Waals surface area contributed by atoms with Crippen LogP contribution in [0.3, 0.4) is 0 Å². The lowest BCUT2D eigenvalue weighted by Gasteiger charge is -2.09. The first kappa shape index (κ1) is 13.1. The minimum atomic E-state index is -0.459. The number of rotatable bonds is 2. The normalized spacial score (nSPS) is 11.0. The number of methoxy groups -OCH3 is 2. The first-order valence-electron chi connectivity index (χ1n) is 6.10. The number of hydrogen-bond donors (Lipinski definition) is 2. The van der Waals surface area contributed by atoms with Crippen molar-refractivity contribution in [3.63, 3.8) is 0 Å². The lowest BCUT2D eigenvalue weighted by molar-refractivity contribution is 0.376. The molecule has 0 radical (unpaired) electrons. The summed E-state index contributed by atoms with van der Waals surface area (Å²) in [5, 5.41) is 19.9. The maximum absolute atomic E-state index is 12.6. The van der Waals surface area contributed by atoms with Crippen LogP contribution in [0.15, 0.2) is 33.5 Å². The third-order valence-electron chi connectivity index (χ3n) is 3.27. The molecule has 3 aromatic rings. The summed E-state index contributed by atoms with van der Waals surface area (Å²) in [6.07, 6.45) is 0. The smallest absolute Gasteiger partial charge is 0.208 e. The Kier molecular flexibility index (Phi) is 2.86. The van der Waals surface area contributed by atoms with Crippen molar-refractivity contribution in [2.24, 2.45) is 0 Å². The van der Waals surface area contributed by atoms with Crippen molar-refractivity contribution in [1.82, 2.24) is 0 Å². The topological polar surface area (TPSA) is 89.1 Å². The van der Waals surface area contributed by atoms with E-state index >= 15 is 0 Å². The Morgan fingerprint density at radius 2 is 1.67 bits per heavy atom. The Morgan fingerprint density at radius 1 is 0.952 bits per heavy atom. The molecule has 0 bridgehead atoms. The van der Waals surface area contributed by atoms with Gasteiger partial charge in [-0.05, 0) is 12.1 Å². The second kappa shape index (κ2) is 4.59. The summed E-state index contributed by atoms with van der Waals surface area (Å²) in [6, 6.07) is 5.64. The highest BCUT2D eigenvalue weighted by Crippen LogP contribution is 2.36. The van der Waals surface area contributed by atoms with Crippen molar-refractivity contribution in [1.29, 1.82) is 0 Å². The molecular formula is C15H12O6. The van der Waals surface area contributed by atoms with Gasteiger partial charge in [0.15, 0.2) is 11.5 Å². The summed E-state index contributed by atoms with van der Waals surface area (Å²) >= 11 is 0. The second-order valence-electron chi connectivity index (χ2n) is 4.44. The first-order chi connectivity index (χ1) is 10.1. The average Bonchev–Trinajstić information content (AvgIpc) is 2.46. The fourth-order valence-corrected chi connectivity index (χ4v) is 2.31. The Hall–Kier alpha value is -2.89. The Labute approximate surface area is 118 Å². The SMILES string of the molecule is COc1ccc2oc3cc(O)cc(OC)c3c(=O)c2c1O. The molecule has 0 amide bonds. The third-order valence-corrected chi connectivity index (χ3v) is 3.27. The minimum Gasteiger partial charge on any atom is -0.508 e. The predicted molar refractivity (Wildman–Crippen MR) is 76.4 cm³/mol. The molecule has 21 heavy (non-hydrogen) atoms. The van der Waals surface area contributed by atoms with Crippen LogP contribution in [0.25, 0.3) is 21.9 Å². The standard InChI is InChI=1S/C15H12O6/c1-19-9-4-3-8-13(14(9)17)15(18)12-10(20-2)5-7(16)6-11(12)21-8/h3-6,16-17H,1-2H3. The van der Waals surface area contributed by atoms with E-state index in [4.69, 9.17) is 13.9 Å². The monoisotopic (exact) mass is 288 g/mol. The van der Waals surface area contributed by atoms with Gasteiger partial charge in [0.2, 0.25) is 5.43 Å². The lowest BCUT2D eigenvalue weighted by Crippen LogP contribution is -2.05. The molecule has 0 unspecified atom stereocenters. The fraction of sp³-hybridized carbons (Fsp3) is 0.133. The molecule has 1 aromatic heterocycles. The van der Waals surface area contributed by atoms with Crippen molar-refractivity contribution in [3.05, 3.63) is 34.5 Å². The Balaban J connectivity index is 2.57. The number of hydrogen-bond acceptors (Lipinski definition) is 6. The number of benzene rings is 2. The number of phenols is 2. The van der Waals surface area contributed by atoms with Gasteiger partial charge in [-0.15, -0.1) is 0 Å². The van der Waals surface area contributed by atoms with Gasteiger partial charge in [-0.2, -0.15) is 0 Å². The zero-order valence-corrected chi connectivity index (χ0v) is 11.3. The summed E-state index contributed by atoms with van der Waals surface area (Å²) < 4.78 is 15.7. The van der Waals surface area contributed by atoms with Crippen LogP contribution in [0.4, 0.5) is 0 Å².